The van der Waals surface area contributed by atoms with Gasteiger partial charge < -0.3 is 15.7 Å². The molecule has 0 radical (unpaired) electrons. The van der Waals surface area contributed by atoms with Crippen LogP contribution in [0.5, 0.6) is 5.75 Å². The van der Waals surface area contributed by atoms with Crippen LogP contribution in [0.4, 0.5) is 5.69 Å². The third kappa shape index (κ3) is 2.76. The molecule has 4 heteroatoms. The molecule has 0 aromatic heterocycles. The van der Waals surface area contributed by atoms with Crippen molar-refractivity contribution < 1.29 is 9.90 Å². The Labute approximate surface area is 123 Å². The lowest BCUT2D eigenvalue weighted by Gasteiger charge is -2.17. The minimum atomic E-state index is -0.204. The molecule has 4 nitrogen and oxygen atoms in total. The predicted molar refractivity (Wildman–Crippen MR) is 82.6 cm³/mol. The number of aryl methyl sites for hydroxylation is 1. The van der Waals surface area contributed by atoms with E-state index >= 15 is 0 Å². The first-order valence-corrected chi connectivity index (χ1v) is 7.07. The Kier molecular flexibility index (Phi) is 3.62. The molecule has 21 heavy (non-hydrogen) atoms. The topological polar surface area (TPSA) is 61.4 Å². The van der Waals surface area contributed by atoms with Crippen molar-refractivity contribution in [3.05, 3.63) is 58.7 Å². The molecule has 1 aliphatic rings. The van der Waals surface area contributed by atoms with Gasteiger partial charge in [0, 0.05) is 12.1 Å². The number of phenolic OH excluding ortho intramolecular Hbond substituents is 1. The van der Waals surface area contributed by atoms with E-state index in [1.807, 2.05) is 18.2 Å². The van der Waals surface area contributed by atoms with E-state index in [1.165, 1.54) is 11.1 Å². The van der Waals surface area contributed by atoms with Crippen LogP contribution in [0.15, 0.2) is 36.4 Å². The SMILES string of the molecule is Cc1cccc(NC(=O)c2ccc3c(c2)CNCC3)c1O. The molecule has 1 heterocycles. The van der Waals surface area contributed by atoms with Gasteiger partial charge >= 0.3 is 0 Å². The first-order valence-electron chi connectivity index (χ1n) is 7.07. The molecule has 3 rings (SSSR count). The van der Waals surface area contributed by atoms with E-state index < -0.39 is 0 Å². The lowest BCUT2D eigenvalue weighted by molar-refractivity contribution is 0.102. The zero-order chi connectivity index (χ0) is 14.8. The number of benzene rings is 2. The fourth-order valence-corrected chi connectivity index (χ4v) is 2.58. The van der Waals surface area contributed by atoms with Gasteiger partial charge in [0.1, 0.15) is 5.75 Å². The van der Waals surface area contributed by atoms with Crippen LogP contribution in [0.3, 0.4) is 0 Å². The van der Waals surface area contributed by atoms with Crippen molar-refractivity contribution in [3.8, 4) is 5.75 Å². The summed E-state index contributed by atoms with van der Waals surface area (Å²) in [6, 6.07) is 11.1. The number of para-hydroxylation sites is 1. The van der Waals surface area contributed by atoms with Crippen molar-refractivity contribution in [2.75, 3.05) is 11.9 Å². The lowest BCUT2D eigenvalue weighted by Crippen LogP contribution is -2.24. The normalized spacial score (nSPS) is 13.6. The van der Waals surface area contributed by atoms with Gasteiger partial charge in [-0.3, -0.25) is 4.79 Å². The summed E-state index contributed by atoms with van der Waals surface area (Å²) in [7, 11) is 0. The summed E-state index contributed by atoms with van der Waals surface area (Å²) in [5.41, 5.74) is 4.25. The van der Waals surface area contributed by atoms with Crippen LogP contribution in [0.1, 0.15) is 27.0 Å². The van der Waals surface area contributed by atoms with E-state index in [-0.39, 0.29) is 11.7 Å². The molecule has 0 fully saturated rings. The highest BCUT2D eigenvalue weighted by Gasteiger charge is 2.14. The maximum absolute atomic E-state index is 12.3. The second kappa shape index (κ2) is 5.58. The maximum atomic E-state index is 12.3. The van der Waals surface area contributed by atoms with E-state index in [1.54, 1.807) is 25.1 Å². The Bertz CT molecular complexity index is 695. The Balaban J connectivity index is 1.84. The van der Waals surface area contributed by atoms with Gasteiger partial charge in [0.2, 0.25) is 0 Å². The highest BCUT2D eigenvalue weighted by molar-refractivity contribution is 6.05. The summed E-state index contributed by atoms with van der Waals surface area (Å²) in [6.45, 7) is 3.58. The molecule has 3 N–H and O–H groups in total. The van der Waals surface area contributed by atoms with Gasteiger partial charge in [0.25, 0.3) is 5.91 Å². The van der Waals surface area contributed by atoms with Crippen LogP contribution in [0.25, 0.3) is 0 Å². The summed E-state index contributed by atoms with van der Waals surface area (Å²) in [4.78, 5) is 12.3. The quantitative estimate of drug-likeness (QED) is 0.742. The number of nitrogens with one attached hydrogen (secondary N) is 2. The lowest BCUT2D eigenvalue weighted by atomic mass is 9.98. The van der Waals surface area contributed by atoms with Crippen LogP contribution < -0.4 is 10.6 Å². The minimum Gasteiger partial charge on any atom is -0.505 e. The van der Waals surface area contributed by atoms with Gasteiger partial charge in [0.15, 0.2) is 0 Å². The number of hydrogen-bond donors (Lipinski definition) is 3. The van der Waals surface area contributed by atoms with Gasteiger partial charge in [-0.15, -0.1) is 0 Å². The summed E-state index contributed by atoms with van der Waals surface area (Å²) in [5, 5.41) is 16.0. The van der Waals surface area contributed by atoms with Crippen LogP contribution in [-0.4, -0.2) is 17.6 Å². The van der Waals surface area contributed by atoms with Gasteiger partial charge in [-0.1, -0.05) is 18.2 Å². The Morgan fingerprint density at radius 3 is 2.95 bits per heavy atom. The van der Waals surface area contributed by atoms with Crippen LogP contribution >= 0.6 is 0 Å². The van der Waals surface area contributed by atoms with E-state index in [0.717, 1.165) is 25.1 Å². The largest absolute Gasteiger partial charge is 0.505 e. The molecule has 0 bridgehead atoms. The van der Waals surface area contributed by atoms with Crippen molar-refractivity contribution >= 4 is 11.6 Å². The summed E-state index contributed by atoms with van der Waals surface area (Å²) >= 11 is 0. The van der Waals surface area contributed by atoms with E-state index in [2.05, 4.69) is 10.6 Å². The number of aromatic hydroxyl groups is 1. The van der Waals surface area contributed by atoms with Crippen LogP contribution in [-0.2, 0) is 13.0 Å². The smallest absolute Gasteiger partial charge is 0.255 e. The molecule has 0 aliphatic carbocycles. The van der Waals surface area contributed by atoms with Crippen molar-refractivity contribution in [3.63, 3.8) is 0 Å². The third-order valence-corrected chi connectivity index (χ3v) is 3.84. The van der Waals surface area contributed by atoms with E-state index in [4.69, 9.17) is 0 Å². The fraction of sp³-hybridized carbons (Fsp3) is 0.235. The Morgan fingerprint density at radius 1 is 1.24 bits per heavy atom. The fourth-order valence-electron chi connectivity index (χ4n) is 2.58. The van der Waals surface area contributed by atoms with E-state index in [0.29, 0.717) is 11.3 Å². The molecular weight excluding hydrogens is 264 g/mol. The minimum absolute atomic E-state index is 0.116. The average Bonchev–Trinajstić information content (AvgIpc) is 2.51. The maximum Gasteiger partial charge on any atom is 0.255 e. The number of hydrogen-bond acceptors (Lipinski definition) is 3. The molecule has 2 aromatic carbocycles. The van der Waals surface area contributed by atoms with Crippen molar-refractivity contribution in [1.29, 1.82) is 0 Å². The zero-order valence-corrected chi connectivity index (χ0v) is 11.9. The molecule has 2 aromatic rings. The van der Waals surface area contributed by atoms with Crippen molar-refractivity contribution in [2.24, 2.45) is 0 Å². The average molecular weight is 282 g/mol. The second-order valence-electron chi connectivity index (χ2n) is 5.34. The first-order chi connectivity index (χ1) is 10.1. The number of rotatable bonds is 2. The molecule has 0 atom stereocenters. The summed E-state index contributed by atoms with van der Waals surface area (Å²) < 4.78 is 0. The Hall–Kier alpha value is -2.33. The zero-order valence-electron chi connectivity index (χ0n) is 11.9. The van der Waals surface area contributed by atoms with Crippen LogP contribution in [0, 0.1) is 6.92 Å². The highest BCUT2D eigenvalue weighted by Crippen LogP contribution is 2.27. The van der Waals surface area contributed by atoms with Gasteiger partial charge in [-0.05, 0) is 54.8 Å². The van der Waals surface area contributed by atoms with E-state index in [9.17, 15) is 9.90 Å². The molecule has 108 valence electrons. The number of phenols is 1. The summed E-state index contributed by atoms with van der Waals surface area (Å²) in [5.74, 6) is -0.0882. The van der Waals surface area contributed by atoms with Gasteiger partial charge in [0.05, 0.1) is 5.69 Å². The molecule has 0 saturated carbocycles. The van der Waals surface area contributed by atoms with Gasteiger partial charge in [-0.2, -0.15) is 0 Å². The number of fused-ring (bicyclic) bond motifs is 1. The van der Waals surface area contributed by atoms with Gasteiger partial charge in [-0.25, -0.2) is 0 Å². The molecule has 1 amide bonds. The number of carbonyl (C=O) groups excluding carboxylic acids is 1. The molecule has 0 spiro atoms. The summed E-state index contributed by atoms with van der Waals surface area (Å²) in [6.07, 6.45) is 0.996. The predicted octanol–water partition coefficient (Wildman–Crippen LogP) is 2.60. The molecular formula is C17H18N2O2. The number of amides is 1. The van der Waals surface area contributed by atoms with Crippen LogP contribution in [0.2, 0.25) is 0 Å². The number of anilines is 1. The second-order valence-corrected chi connectivity index (χ2v) is 5.34. The monoisotopic (exact) mass is 282 g/mol. The number of carbonyl (C=O) groups is 1. The standard InChI is InChI=1S/C17H18N2O2/c1-11-3-2-4-15(16(11)20)19-17(21)13-6-5-12-7-8-18-10-14(12)9-13/h2-6,9,18,20H,7-8,10H2,1H3,(H,19,21). The highest BCUT2D eigenvalue weighted by atomic mass is 16.3. The third-order valence-electron chi connectivity index (χ3n) is 3.84. The van der Waals surface area contributed by atoms with Crippen molar-refractivity contribution in [2.45, 2.75) is 19.9 Å². The van der Waals surface area contributed by atoms with Crippen molar-refractivity contribution in [1.82, 2.24) is 5.32 Å². The molecule has 0 saturated heterocycles. The first kappa shape index (κ1) is 13.6. The Morgan fingerprint density at radius 2 is 2.10 bits per heavy atom. The molecule has 0 unspecified atom stereocenters. The molecule has 1 aliphatic heterocycles.